The minimum atomic E-state index is 0.563. The summed E-state index contributed by atoms with van der Waals surface area (Å²) in [5.41, 5.74) is 5.57. The summed E-state index contributed by atoms with van der Waals surface area (Å²) in [6.45, 7) is 5.58. The van der Waals surface area contributed by atoms with Gasteiger partial charge in [-0.05, 0) is 55.0 Å². The van der Waals surface area contributed by atoms with Gasteiger partial charge in [-0.25, -0.2) is 0 Å². The number of hydrogen-bond donors (Lipinski definition) is 0. The van der Waals surface area contributed by atoms with Crippen LogP contribution in [-0.2, 0) is 13.0 Å². The van der Waals surface area contributed by atoms with E-state index in [0.29, 0.717) is 5.92 Å². The topological polar surface area (TPSA) is 4.93 Å². The van der Waals surface area contributed by atoms with Gasteiger partial charge >= 0.3 is 0 Å². The molecular formula is C24H25N. The first-order chi connectivity index (χ1) is 12.3. The Hall–Kier alpha value is -2.54. The van der Waals surface area contributed by atoms with Gasteiger partial charge in [-0.2, -0.15) is 0 Å². The number of hydrogen-bond acceptors (Lipinski definition) is 0. The highest BCUT2D eigenvalue weighted by Crippen LogP contribution is 2.32. The molecule has 0 saturated heterocycles. The molecule has 3 aromatic carbocycles. The highest BCUT2D eigenvalue weighted by atomic mass is 15.0. The quantitative estimate of drug-likeness (QED) is 0.391. The van der Waals surface area contributed by atoms with Gasteiger partial charge in [-0.1, -0.05) is 61.5 Å². The lowest BCUT2D eigenvalue weighted by Crippen LogP contribution is -1.97. The molecule has 0 aliphatic heterocycles. The van der Waals surface area contributed by atoms with Gasteiger partial charge in [0, 0.05) is 28.4 Å². The predicted molar refractivity (Wildman–Crippen MR) is 108 cm³/mol. The zero-order valence-corrected chi connectivity index (χ0v) is 15.1. The Labute approximate surface area is 149 Å². The zero-order valence-electron chi connectivity index (χ0n) is 15.1. The normalized spacial score (nSPS) is 12.7. The highest BCUT2D eigenvalue weighted by Gasteiger charge is 2.12. The molecule has 1 heteroatoms. The standard InChI is InChI=1S/C24H25N/c1-3-25-23-12-8-7-11-21(23)22-17-20(15-16-24(22)25)18(2)13-14-19-9-5-4-6-10-19/h4-12,15-18H,3,13-14H2,1-2H3. The van der Waals surface area contributed by atoms with E-state index in [1.165, 1.54) is 39.4 Å². The molecule has 4 rings (SSSR count). The van der Waals surface area contributed by atoms with Crippen LogP contribution in [0, 0.1) is 0 Å². The third kappa shape index (κ3) is 2.95. The summed E-state index contributed by atoms with van der Waals surface area (Å²) in [5.74, 6) is 0.563. The lowest BCUT2D eigenvalue weighted by molar-refractivity contribution is 0.680. The Bertz CT molecular complexity index is 995. The van der Waals surface area contributed by atoms with Gasteiger partial charge in [0.2, 0.25) is 0 Å². The van der Waals surface area contributed by atoms with Crippen LogP contribution in [0.25, 0.3) is 21.8 Å². The van der Waals surface area contributed by atoms with Crippen LogP contribution in [-0.4, -0.2) is 4.57 Å². The Balaban J connectivity index is 1.67. The van der Waals surface area contributed by atoms with Crippen molar-refractivity contribution in [3.05, 3.63) is 83.9 Å². The van der Waals surface area contributed by atoms with Crippen molar-refractivity contribution in [2.75, 3.05) is 0 Å². The molecule has 126 valence electrons. The van der Waals surface area contributed by atoms with Crippen molar-refractivity contribution in [1.82, 2.24) is 4.57 Å². The van der Waals surface area contributed by atoms with Crippen LogP contribution in [0.3, 0.4) is 0 Å². The largest absolute Gasteiger partial charge is 0.341 e. The van der Waals surface area contributed by atoms with E-state index >= 15 is 0 Å². The van der Waals surface area contributed by atoms with Gasteiger partial charge < -0.3 is 4.57 Å². The fourth-order valence-corrected chi connectivity index (χ4v) is 3.91. The molecule has 1 nitrogen and oxygen atoms in total. The Kier molecular flexibility index (Phi) is 4.31. The SMILES string of the molecule is CCn1c2ccccc2c2cc(C(C)CCc3ccccc3)ccc21. The Morgan fingerprint density at radius 1 is 0.800 bits per heavy atom. The summed E-state index contributed by atoms with van der Waals surface area (Å²) in [4.78, 5) is 0. The first kappa shape index (κ1) is 16.0. The van der Waals surface area contributed by atoms with Gasteiger partial charge in [0.05, 0.1) is 0 Å². The molecule has 0 spiro atoms. The summed E-state index contributed by atoms with van der Waals surface area (Å²) in [6, 6.07) is 26.6. The lowest BCUT2D eigenvalue weighted by Gasteiger charge is -2.13. The second-order valence-electron chi connectivity index (χ2n) is 6.96. The molecule has 1 aromatic heterocycles. The molecule has 0 radical (unpaired) electrons. The monoisotopic (exact) mass is 327 g/mol. The van der Waals surface area contributed by atoms with Crippen LogP contribution in [0.2, 0.25) is 0 Å². The molecule has 25 heavy (non-hydrogen) atoms. The van der Waals surface area contributed by atoms with E-state index in [1.54, 1.807) is 0 Å². The number of rotatable bonds is 5. The van der Waals surface area contributed by atoms with Crippen LogP contribution in [0.5, 0.6) is 0 Å². The fourth-order valence-electron chi connectivity index (χ4n) is 3.91. The number of para-hydroxylation sites is 1. The van der Waals surface area contributed by atoms with Gasteiger partial charge in [0.1, 0.15) is 0 Å². The average molecular weight is 327 g/mol. The molecular weight excluding hydrogens is 302 g/mol. The van der Waals surface area contributed by atoms with Crippen molar-refractivity contribution in [3.63, 3.8) is 0 Å². The molecule has 0 fully saturated rings. The lowest BCUT2D eigenvalue weighted by atomic mass is 9.93. The molecule has 0 aliphatic rings. The molecule has 4 aromatic rings. The van der Waals surface area contributed by atoms with Crippen LogP contribution >= 0.6 is 0 Å². The molecule has 1 atom stereocenters. The highest BCUT2D eigenvalue weighted by molar-refractivity contribution is 6.08. The Morgan fingerprint density at radius 3 is 2.32 bits per heavy atom. The van der Waals surface area contributed by atoms with E-state index in [1.807, 2.05) is 0 Å². The third-order valence-corrected chi connectivity index (χ3v) is 5.39. The van der Waals surface area contributed by atoms with Crippen LogP contribution in [0.4, 0.5) is 0 Å². The van der Waals surface area contributed by atoms with E-state index < -0.39 is 0 Å². The average Bonchev–Trinajstić information content (AvgIpc) is 3.00. The van der Waals surface area contributed by atoms with Crippen LogP contribution < -0.4 is 0 Å². The second-order valence-corrected chi connectivity index (χ2v) is 6.96. The first-order valence-electron chi connectivity index (χ1n) is 9.32. The molecule has 0 bridgehead atoms. The van der Waals surface area contributed by atoms with E-state index in [2.05, 4.69) is 91.2 Å². The molecule has 0 aliphatic carbocycles. The number of benzene rings is 3. The minimum absolute atomic E-state index is 0.563. The van der Waals surface area contributed by atoms with Gasteiger partial charge in [-0.3, -0.25) is 0 Å². The summed E-state index contributed by atoms with van der Waals surface area (Å²) >= 11 is 0. The number of aryl methyl sites for hydroxylation is 2. The molecule has 1 heterocycles. The summed E-state index contributed by atoms with van der Waals surface area (Å²) in [6.07, 6.45) is 2.32. The van der Waals surface area contributed by atoms with E-state index in [9.17, 15) is 0 Å². The molecule has 1 unspecified atom stereocenters. The summed E-state index contributed by atoms with van der Waals surface area (Å²) < 4.78 is 2.42. The first-order valence-corrected chi connectivity index (χ1v) is 9.32. The van der Waals surface area contributed by atoms with Crippen molar-refractivity contribution in [3.8, 4) is 0 Å². The van der Waals surface area contributed by atoms with Crippen molar-refractivity contribution in [1.29, 1.82) is 0 Å². The smallest absolute Gasteiger partial charge is 0.0491 e. The molecule has 0 amide bonds. The Morgan fingerprint density at radius 2 is 1.52 bits per heavy atom. The van der Waals surface area contributed by atoms with E-state index in [-0.39, 0.29) is 0 Å². The van der Waals surface area contributed by atoms with E-state index in [4.69, 9.17) is 0 Å². The number of nitrogens with zero attached hydrogens (tertiary/aromatic N) is 1. The van der Waals surface area contributed by atoms with Crippen LogP contribution in [0.1, 0.15) is 37.3 Å². The maximum atomic E-state index is 2.42. The number of aromatic nitrogens is 1. The van der Waals surface area contributed by atoms with Gasteiger partial charge in [0.15, 0.2) is 0 Å². The maximum Gasteiger partial charge on any atom is 0.0491 e. The second kappa shape index (κ2) is 6.76. The van der Waals surface area contributed by atoms with Crippen molar-refractivity contribution in [2.45, 2.75) is 39.2 Å². The molecule has 0 saturated carbocycles. The maximum absolute atomic E-state index is 2.42. The molecule has 0 N–H and O–H groups in total. The van der Waals surface area contributed by atoms with Crippen molar-refractivity contribution >= 4 is 21.8 Å². The minimum Gasteiger partial charge on any atom is -0.341 e. The fraction of sp³-hybridized carbons (Fsp3) is 0.250. The van der Waals surface area contributed by atoms with E-state index in [0.717, 1.165) is 13.0 Å². The van der Waals surface area contributed by atoms with Crippen LogP contribution in [0.15, 0.2) is 72.8 Å². The number of fused-ring (bicyclic) bond motifs is 3. The van der Waals surface area contributed by atoms with Gasteiger partial charge in [0.25, 0.3) is 0 Å². The zero-order chi connectivity index (χ0) is 17.2. The summed E-state index contributed by atoms with van der Waals surface area (Å²) in [7, 11) is 0. The third-order valence-electron chi connectivity index (χ3n) is 5.39. The van der Waals surface area contributed by atoms with Gasteiger partial charge in [-0.15, -0.1) is 0 Å². The predicted octanol–water partition coefficient (Wildman–Crippen LogP) is 6.55. The van der Waals surface area contributed by atoms with Crippen molar-refractivity contribution < 1.29 is 0 Å². The van der Waals surface area contributed by atoms with Crippen molar-refractivity contribution in [2.24, 2.45) is 0 Å². The summed E-state index contributed by atoms with van der Waals surface area (Å²) in [5, 5.41) is 2.76.